The predicted molar refractivity (Wildman–Crippen MR) is 91.2 cm³/mol. The van der Waals surface area contributed by atoms with Gasteiger partial charge in [-0.25, -0.2) is 0 Å². The summed E-state index contributed by atoms with van der Waals surface area (Å²) in [4.78, 5) is 23.5. The zero-order valence-corrected chi connectivity index (χ0v) is 14.2. The lowest BCUT2D eigenvalue weighted by atomic mass is 10.1. The Hall–Kier alpha value is -2.15. The number of fused-ring (bicyclic) bond motifs is 1. The second-order valence-corrected chi connectivity index (χ2v) is 7.06. The number of amides is 2. The molecule has 0 aliphatic heterocycles. The van der Waals surface area contributed by atoms with Crippen LogP contribution in [0.2, 0.25) is 0 Å². The fourth-order valence-electron chi connectivity index (χ4n) is 1.93. The number of aromatic nitrogens is 2. The van der Waals surface area contributed by atoms with Crippen LogP contribution in [0.5, 0.6) is 0 Å². The van der Waals surface area contributed by atoms with E-state index >= 15 is 0 Å². The highest BCUT2D eigenvalue weighted by Crippen LogP contribution is 2.24. The molecule has 0 bridgehead atoms. The minimum atomic E-state index is -0.310. The van der Waals surface area contributed by atoms with Crippen molar-refractivity contribution < 1.29 is 9.59 Å². The molecular formula is C16H20N4O2S. The summed E-state index contributed by atoms with van der Waals surface area (Å²) in [7, 11) is 0. The molecule has 0 aliphatic rings. The van der Waals surface area contributed by atoms with Crippen LogP contribution in [0.25, 0.3) is 10.8 Å². The van der Waals surface area contributed by atoms with Crippen molar-refractivity contribution >= 4 is 34.3 Å². The van der Waals surface area contributed by atoms with Crippen LogP contribution in [0.15, 0.2) is 35.5 Å². The molecule has 0 atom stereocenters. The van der Waals surface area contributed by atoms with Crippen LogP contribution in [0.4, 0.5) is 0 Å². The van der Waals surface area contributed by atoms with Gasteiger partial charge in [0.15, 0.2) is 0 Å². The number of nitrogens with zero attached hydrogens (tertiary/aromatic N) is 2. The molecule has 0 saturated carbocycles. The molecular weight excluding hydrogens is 312 g/mol. The van der Waals surface area contributed by atoms with E-state index in [4.69, 9.17) is 0 Å². The van der Waals surface area contributed by atoms with Crippen LogP contribution in [0.1, 0.15) is 20.8 Å². The third-order valence-electron chi connectivity index (χ3n) is 2.84. The van der Waals surface area contributed by atoms with Crippen molar-refractivity contribution in [2.24, 2.45) is 0 Å². The summed E-state index contributed by atoms with van der Waals surface area (Å²) in [6.45, 7) is 5.64. The van der Waals surface area contributed by atoms with Crippen molar-refractivity contribution in [2.75, 3.05) is 12.3 Å². The van der Waals surface area contributed by atoms with Gasteiger partial charge in [0.1, 0.15) is 5.03 Å². The zero-order chi connectivity index (χ0) is 16.9. The number of benzene rings is 1. The van der Waals surface area contributed by atoms with Crippen LogP contribution in [-0.4, -0.2) is 39.8 Å². The molecule has 6 nitrogen and oxygen atoms in total. The first-order valence-electron chi connectivity index (χ1n) is 7.26. The number of carbonyl (C=O) groups is 2. The molecule has 7 heteroatoms. The summed E-state index contributed by atoms with van der Waals surface area (Å²) in [5.74, 6) is -0.236. The van der Waals surface area contributed by atoms with Crippen molar-refractivity contribution in [2.45, 2.75) is 31.3 Å². The molecule has 0 saturated heterocycles. The minimum Gasteiger partial charge on any atom is -0.350 e. The molecule has 122 valence electrons. The Balaban J connectivity index is 1.86. The molecule has 0 spiro atoms. The first kappa shape index (κ1) is 17.2. The lowest BCUT2D eigenvalue weighted by Gasteiger charge is -2.20. The minimum absolute atomic E-state index is 0.0299. The molecule has 0 radical (unpaired) electrons. The van der Waals surface area contributed by atoms with Gasteiger partial charge in [-0.15, -0.1) is 5.10 Å². The maximum atomic E-state index is 11.9. The molecule has 2 amide bonds. The average molecular weight is 332 g/mol. The van der Waals surface area contributed by atoms with E-state index in [0.29, 0.717) is 5.03 Å². The van der Waals surface area contributed by atoms with Gasteiger partial charge in [-0.2, -0.15) is 5.10 Å². The monoisotopic (exact) mass is 332 g/mol. The van der Waals surface area contributed by atoms with E-state index in [2.05, 4.69) is 20.8 Å². The molecule has 2 aromatic rings. The third-order valence-corrected chi connectivity index (χ3v) is 3.82. The summed E-state index contributed by atoms with van der Waals surface area (Å²) < 4.78 is 0. The van der Waals surface area contributed by atoms with Gasteiger partial charge in [-0.3, -0.25) is 9.59 Å². The SMILES string of the molecule is CC(C)(C)NC(=O)CNC(=O)CSc1nncc2ccccc12. The molecule has 0 aliphatic carbocycles. The normalized spacial score (nSPS) is 11.3. The Morgan fingerprint density at radius 2 is 1.91 bits per heavy atom. The van der Waals surface area contributed by atoms with E-state index in [1.54, 1.807) is 6.20 Å². The zero-order valence-electron chi connectivity index (χ0n) is 13.4. The van der Waals surface area contributed by atoms with E-state index in [1.807, 2.05) is 45.0 Å². The van der Waals surface area contributed by atoms with Crippen molar-refractivity contribution in [1.82, 2.24) is 20.8 Å². The first-order valence-corrected chi connectivity index (χ1v) is 8.25. The summed E-state index contributed by atoms with van der Waals surface area (Å²) in [6.07, 6.45) is 1.69. The van der Waals surface area contributed by atoms with Gasteiger partial charge in [-0.05, 0) is 20.8 Å². The molecule has 1 aromatic heterocycles. The molecule has 0 fully saturated rings. The average Bonchev–Trinajstić information content (AvgIpc) is 2.49. The largest absolute Gasteiger partial charge is 0.350 e. The van der Waals surface area contributed by atoms with Gasteiger partial charge in [0.05, 0.1) is 18.5 Å². The van der Waals surface area contributed by atoms with E-state index in [-0.39, 0.29) is 29.7 Å². The Morgan fingerprint density at radius 1 is 1.17 bits per heavy atom. The number of carbonyl (C=O) groups excluding carboxylic acids is 2. The number of thioether (sulfide) groups is 1. The number of hydrogen-bond donors (Lipinski definition) is 2. The highest BCUT2D eigenvalue weighted by molar-refractivity contribution is 8.00. The van der Waals surface area contributed by atoms with Crippen molar-refractivity contribution in [3.63, 3.8) is 0 Å². The van der Waals surface area contributed by atoms with Gasteiger partial charge < -0.3 is 10.6 Å². The molecule has 1 heterocycles. The Morgan fingerprint density at radius 3 is 2.65 bits per heavy atom. The van der Waals surface area contributed by atoms with Crippen LogP contribution >= 0.6 is 11.8 Å². The lowest BCUT2D eigenvalue weighted by molar-refractivity contribution is -0.125. The maximum Gasteiger partial charge on any atom is 0.239 e. The topological polar surface area (TPSA) is 84.0 Å². The quantitative estimate of drug-likeness (QED) is 0.815. The number of rotatable bonds is 5. The summed E-state index contributed by atoms with van der Waals surface area (Å²) in [5.41, 5.74) is -0.310. The van der Waals surface area contributed by atoms with Gasteiger partial charge >= 0.3 is 0 Å². The van der Waals surface area contributed by atoms with Crippen molar-refractivity contribution in [1.29, 1.82) is 0 Å². The Kier molecular flexibility index (Phi) is 5.54. The lowest BCUT2D eigenvalue weighted by Crippen LogP contribution is -2.46. The molecule has 23 heavy (non-hydrogen) atoms. The summed E-state index contributed by atoms with van der Waals surface area (Å²) in [6, 6.07) is 7.75. The maximum absolute atomic E-state index is 11.9. The fourth-order valence-corrected chi connectivity index (χ4v) is 2.75. The van der Waals surface area contributed by atoms with Crippen molar-refractivity contribution in [3.8, 4) is 0 Å². The number of nitrogens with one attached hydrogen (secondary N) is 2. The second-order valence-electron chi connectivity index (χ2n) is 6.10. The van der Waals surface area contributed by atoms with Gasteiger partial charge in [-0.1, -0.05) is 36.0 Å². The third kappa shape index (κ3) is 5.52. The molecule has 0 unspecified atom stereocenters. The molecule has 2 rings (SSSR count). The van der Waals surface area contributed by atoms with E-state index in [1.165, 1.54) is 11.8 Å². The summed E-state index contributed by atoms with van der Waals surface area (Å²) in [5, 5.41) is 16.1. The summed E-state index contributed by atoms with van der Waals surface area (Å²) >= 11 is 1.31. The van der Waals surface area contributed by atoms with Crippen LogP contribution in [0.3, 0.4) is 0 Å². The first-order chi connectivity index (χ1) is 10.8. The van der Waals surface area contributed by atoms with Gasteiger partial charge in [0.25, 0.3) is 0 Å². The van der Waals surface area contributed by atoms with E-state index < -0.39 is 0 Å². The Bertz CT molecular complexity index is 707. The number of hydrogen-bond acceptors (Lipinski definition) is 5. The fraction of sp³-hybridized carbons (Fsp3) is 0.375. The highest BCUT2D eigenvalue weighted by atomic mass is 32.2. The standard InChI is InChI=1S/C16H20N4O2S/c1-16(2,3)19-13(21)9-17-14(22)10-23-15-12-7-5-4-6-11(12)8-18-20-15/h4-8H,9-10H2,1-3H3,(H,17,22)(H,19,21). The predicted octanol–water partition coefficient (Wildman–Crippen LogP) is 1.75. The molecule has 1 aromatic carbocycles. The van der Waals surface area contributed by atoms with E-state index in [9.17, 15) is 9.59 Å². The van der Waals surface area contributed by atoms with Crippen LogP contribution in [0, 0.1) is 0 Å². The smallest absolute Gasteiger partial charge is 0.239 e. The van der Waals surface area contributed by atoms with Crippen molar-refractivity contribution in [3.05, 3.63) is 30.5 Å². The van der Waals surface area contributed by atoms with Gasteiger partial charge in [0.2, 0.25) is 11.8 Å². The second kappa shape index (κ2) is 7.41. The molecule has 2 N–H and O–H groups in total. The Labute approximate surface area is 139 Å². The van der Waals surface area contributed by atoms with E-state index in [0.717, 1.165) is 10.8 Å². The highest BCUT2D eigenvalue weighted by Gasteiger charge is 2.14. The van der Waals surface area contributed by atoms with Crippen LogP contribution in [-0.2, 0) is 9.59 Å². The van der Waals surface area contributed by atoms with Crippen LogP contribution < -0.4 is 10.6 Å². The van der Waals surface area contributed by atoms with Gasteiger partial charge in [0, 0.05) is 16.3 Å².